The van der Waals surface area contributed by atoms with Gasteiger partial charge >= 0.3 is 11.9 Å². The number of hydrogen-bond acceptors (Lipinski definition) is 6. The third-order valence-corrected chi connectivity index (χ3v) is 4.70. The molecule has 1 fully saturated rings. The second-order valence-corrected chi connectivity index (χ2v) is 6.71. The van der Waals surface area contributed by atoms with Crippen molar-refractivity contribution >= 4 is 11.9 Å². The summed E-state index contributed by atoms with van der Waals surface area (Å²) in [6, 6.07) is 7.51. The predicted molar refractivity (Wildman–Crippen MR) is 104 cm³/mol. The Balaban J connectivity index is 2.34. The molecule has 2 atom stereocenters. The number of ether oxygens (including phenoxy) is 4. The van der Waals surface area contributed by atoms with Crippen LogP contribution in [0.1, 0.15) is 31.4 Å². The monoisotopic (exact) mass is 388 g/mol. The zero-order valence-electron chi connectivity index (χ0n) is 16.7. The fourth-order valence-electron chi connectivity index (χ4n) is 3.11. The second kappa shape index (κ2) is 10.3. The second-order valence-electron chi connectivity index (χ2n) is 6.71. The van der Waals surface area contributed by atoms with Crippen molar-refractivity contribution in [3.63, 3.8) is 0 Å². The van der Waals surface area contributed by atoms with Crippen molar-refractivity contribution in [3.8, 4) is 12.3 Å². The summed E-state index contributed by atoms with van der Waals surface area (Å²) in [5, 5.41) is 0. The fraction of sp³-hybridized carbons (Fsp3) is 0.545. The molecule has 0 aromatic heterocycles. The maximum absolute atomic E-state index is 12.9. The Morgan fingerprint density at radius 2 is 1.79 bits per heavy atom. The molecular formula is C22H28O6. The first-order chi connectivity index (χ1) is 13.5. The highest BCUT2D eigenvalue weighted by Crippen LogP contribution is 2.27. The Bertz CT molecular complexity index is 685. The number of terminal acetylenes is 1. The van der Waals surface area contributed by atoms with Gasteiger partial charge in [0.2, 0.25) is 0 Å². The van der Waals surface area contributed by atoms with Crippen molar-refractivity contribution in [2.24, 2.45) is 5.92 Å². The highest BCUT2D eigenvalue weighted by atomic mass is 16.6. The molecule has 0 saturated carbocycles. The van der Waals surface area contributed by atoms with Crippen LogP contribution < -0.4 is 0 Å². The molecule has 1 aliphatic heterocycles. The minimum atomic E-state index is -1.91. The van der Waals surface area contributed by atoms with Gasteiger partial charge in [0.1, 0.15) is 0 Å². The molecule has 0 bridgehead atoms. The van der Waals surface area contributed by atoms with Crippen molar-refractivity contribution in [1.29, 1.82) is 0 Å². The standard InChI is InChI=1S/C22H28O6/c1-5-18-12-13-27-19(18)15-28-22(20(23)25-6-2,21(24)26-7-3)14-17-10-8-16(4)9-11-17/h1,8-11,18-19H,6-7,12-15H2,2-4H3. The first kappa shape index (κ1) is 21.9. The molecule has 1 saturated heterocycles. The lowest BCUT2D eigenvalue weighted by Gasteiger charge is -2.30. The van der Waals surface area contributed by atoms with Crippen LogP contribution in [0.4, 0.5) is 0 Å². The Kier molecular flexibility index (Phi) is 8.04. The zero-order valence-corrected chi connectivity index (χ0v) is 16.7. The number of aryl methyl sites for hydroxylation is 1. The maximum Gasteiger partial charge on any atom is 0.350 e. The van der Waals surface area contributed by atoms with Gasteiger partial charge in [-0.1, -0.05) is 29.8 Å². The summed E-state index contributed by atoms with van der Waals surface area (Å²) < 4.78 is 22.0. The topological polar surface area (TPSA) is 71.1 Å². The van der Waals surface area contributed by atoms with Crippen molar-refractivity contribution < 1.29 is 28.5 Å². The lowest BCUT2D eigenvalue weighted by atomic mass is 9.93. The van der Waals surface area contributed by atoms with E-state index in [0.717, 1.165) is 11.1 Å². The van der Waals surface area contributed by atoms with E-state index in [4.69, 9.17) is 25.4 Å². The quantitative estimate of drug-likeness (QED) is 0.368. The third kappa shape index (κ3) is 5.12. The molecule has 0 spiro atoms. The number of carbonyl (C=O) groups excluding carboxylic acids is 2. The van der Waals surface area contributed by atoms with Crippen molar-refractivity contribution in [3.05, 3.63) is 35.4 Å². The van der Waals surface area contributed by atoms with E-state index in [0.29, 0.717) is 13.0 Å². The summed E-state index contributed by atoms with van der Waals surface area (Å²) in [5.41, 5.74) is -0.0851. The summed E-state index contributed by atoms with van der Waals surface area (Å²) in [4.78, 5) is 25.8. The van der Waals surface area contributed by atoms with E-state index in [1.54, 1.807) is 13.8 Å². The van der Waals surface area contributed by atoms with Crippen molar-refractivity contribution in [2.75, 3.05) is 26.4 Å². The molecule has 2 unspecified atom stereocenters. The average molecular weight is 388 g/mol. The lowest BCUT2D eigenvalue weighted by molar-refractivity contribution is -0.194. The van der Waals surface area contributed by atoms with Crippen LogP contribution in [0.5, 0.6) is 0 Å². The van der Waals surface area contributed by atoms with E-state index < -0.39 is 17.5 Å². The van der Waals surface area contributed by atoms with Crippen LogP contribution in [-0.4, -0.2) is 50.1 Å². The number of hydrogen-bond donors (Lipinski definition) is 0. The van der Waals surface area contributed by atoms with Crippen molar-refractivity contribution in [1.82, 2.24) is 0 Å². The molecule has 0 aliphatic carbocycles. The largest absolute Gasteiger partial charge is 0.463 e. The maximum atomic E-state index is 12.9. The first-order valence-corrected chi connectivity index (χ1v) is 9.58. The van der Waals surface area contributed by atoms with Crippen molar-refractivity contribution in [2.45, 2.75) is 45.3 Å². The van der Waals surface area contributed by atoms with Gasteiger partial charge in [-0.25, -0.2) is 9.59 Å². The van der Waals surface area contributed by atoms with Gasteiger partial charge in [0, 0.05) is 13.0 Å². The molecule has 6 heteroatoms. The molecule has 6 nitrogen and oxygen atoms in total. The van der Waals surface area contributed by atoms with Gasteiger partial charge in [-0.2, -0.15) is 0 Å². The van der Waals surface area contributed by atoms with Crippen LogP contribution in [0.25, 0.3) is 0 Å². The normalized spacial score (nSPS) is 19.1. The molecule has 0 radical (unpaired) electrons. The SMILES string of the molecule is C#CC1CCOC1COC(Cc1ccc(C)cc1)(C(=O)OCC)C(=O)OCC. The summed E-state index contributed by atoms with van der Waals surface area (Å²) in [6.45, 7) is 6.06. The van der Waals surface area contributed by atoms with E-state index in [-0.39, 0.29) is 38.3 Å². The van der Waals surface area contributed by atoms with E-state index in [1.807, 2.05) is 31.2 Å². The van der Waals surface area contributed by atoms with Gasteiger partial charge in [0.15, 0.2) is 0 Å². The van der Waals surface area contributed by atoms with Crippen LogP contribution in [0.15, 0.2) is 24.3 Å². The Morgan fingerprint density at radius 3 is 2.32 bits per heavy atom. The molecule has 0 amide bonds. The van der Waals surface area contributed by atoms with Gasteiger partial charge in [-0.15, -0.1) is 12.3 Å². The smallest absolute Gasteiger partial charge is 0.350 e. The highest BCUT2D eigenvalue weighted by Gasteiger charge is 2.51. The molecule has 1 heterocycles. The van der Waals surface area contributed by atoms with Crippen LogP contribution in [-0.2, 0) is 35.0 Å². The Morgan fingerprint density at radius 1 is 1.18 bits per heavy atom. The molecule has 1 aromatic rings. The molecule has 152 valence electrons. The fourth-order valence-corrected chi connectivity index (χ4v) is 3.11. The molecule has 28 heavy (non-hydrogen) atoms. The van der Waals surface area contributed by atoms with Gasteiger partial charge in [0.25, 0.3) is 5.60 Å². The third-order valence-electron chi connectivity index (χ3n) is 4.70. The Labute approximate surface area is 166 Å². The minimum absolute atomic E-state index is 0.00160. The number of benzene rings is 1. The van der Waals surface area contributed by atoms with E-state index in [2.05, 4.69) is 5.92 Å². The van der Waals surface area contributed by atoms with Crippen LogP contribution in [0.3, 0.4) is 0 Å². The Hall–Kier alpha value is -2.36. The summed E-state index contributed by atoms with van der Waals surface area (Å²) in [7, 11) is 0. The molecule has 1 aliphatic rings. The van der Waals surface area contributed by atoms with Gasteiger partial charge in [-0.05, 0) is 32.8 Å². The number of carbonyl (C=O) groups is 2. The first-order valence-electron chi connectivity index (χ1n) is 9.58. The highest BCUT2D eigenvalue weighted by molar-refractivity contribution is 6.04. The molecule has 1 aromatic carbocycles. The summed E-state index contributed by atoms with van der Waals surface area (Å²) >= 11 is 0. The number of rotatable bonds is 9. The lowest BCUT2D eigenvalue weighted by Crippen LogP contribution is -2.54. The minimum Gasteiger partial charge on any atom is -0.463 e. The number of esters is 2. The van der Waals surface area contributed by atoms with Crippen LogP contribution in [0.2, 0.25) is 0 Å². The zero-order chi connectivity index (χ0) is 20.6. The molecule has 0 N–H and O–H groups in total. The van der Waals surface area contributed by atoms with E-state index >= 15 is 0 Å². The summed E-state index contributed by atoms with van der Waals surface area (Å²) in [5.74, 6) is 1.01. The van der Waals surface area contributed by atoms with Crippen LogP contribution >= 0.6 is 0 Å². The van der Waals surface area contributed by atoms with E-state index in [9.17, 15) is 9.59 Å². The molecule has 2 rings (SSSR count). The van der Waals surface area contributed by atoms with Gasteiger partial charge in [0.05, 0.1) is 31.8 Å². The molecular weight excluding hydrogens is 360 g/mol. The van der Waals surface area contributed by atoms with Crippen LogP contribution in [0, 0.1) is 25.2 Å². The summed E-state index contributed by atoms with van der Waals surface area (Å²) in [6.07, 6.45) is 5.88. The average Bonchev–Trinajstić information content (AvgIpc) is 3.14. The van der Waals surface area contributed by atoms with Gasteiger partial charge < -0.3 is 18.9 Å². The predicted octanol–water partition coefficient (Wildman–Crippen LogP) is 2.46. The van der Waals surface area contributed by atoms with Gasteiger partial charge in [-0.3, -0.25) is 0 Å². The van der Waals surface area contributed by atoms with E-state index in [1.165, 1.54) is 0 Å².